The summed E-state index contributed by atoms with van der Waals surface area (Å²) >= 11 is 0. The van der Waals surface area contributed by atoms with E-state index in [4.69, 9.17) is 4.74 Å². The zero-order valence-corrected chi connectivity index (χ0v) is 15.9. The molecule has 0 bridgehead atoms. The lowest BCUT2D eigenvalue weighted by atomic mass is 10.1. The van der Waals surface area contributed by atoms with Crippen LogP contribution in [0.25, 0.3) is 0 Å². The Hall–Kier alpha value is -2.82. The summed E-state index contributed by atoms with van der Waals surface area (Å²) in [4.78, 5) is 24.7. The summed E-state index contributed by atoms with van der Waals surface area (Å²) in [5.74, 6) is 0.302. The SMILES string of the molecule is CC(C)Oc1ccc(C(=O)Nc2cccc(C(=O)NC(C)(C)C)c2)cc1. The molecule has 5 heteroatoms. The van der Waals surface area contributed by atoms with Crippen molar-refractivity contribution >= 4 is 17.5 Å². The maximum atomic E-state index is 12.4. The molecule has 2 N–H and O–H groups in total. The highest BCUT2D eigenvalue weighted by atomic mass is 16.5. The molecule has 0 aliphatic heterocycles. The van der Waals surface area contributed by atoms with Crippen LogP contribution in [0.1, 0.15) is 55.3 Å². The minimum absolute atomic E-state index is 0.0802. The van der Waals surface area contributed by atoms with E-state index >= 15 is 0 Å². The lowest BCUT2D eigenvalue weighted by molar-refractivity contribution is 0.0918. The van der Waals surface area contributed by atoms with Crippen LogP contribution in [-0.4, -0.2) is 23.5 Å². The molecule has 2 amide bonds. The van der Waals surface area contributed by atoms with Gasteiger partial charge < -0.3 is 15.4 Å². The van der Waals surface area contributed by atoms with Crippen LogP contribution in [0.2, 0.25) is 0 Å². The molecule has 26 heavy (non-hydrogen) atoms. The fourth-order valence-electron chi connectivity index (χ4n) is 2.31. The van der Waals surface area contributed by atoms with Gasteiger partial charge >= 0.3 is 0 Å². The third kappa shape index (κ3) is 5.92. The van der Waals surface area contributed by atoms with Crippen LogP contribution in [-0.2, 0) is 0 Å². The zero-order chi connectivity index (χ0) is 19.3. The molecule has 0 fully saturated rings. The molecular formula is C21H26N2O3. The second-order valence-electron chi connectivity index (χ2n) is 7.43. The third-order valence-electron chi connectivity index (χ3n) is 3.36. The van der Waals surface area contributed by atoms with Crippen LogP contribution >= 0.6 is 0 Å². The van der Waals surface area contributed by atoms with Crippen LogP contribution in [0.5, 0.6) is 5.75 Å². The van der Waals surface area contributed by atoms with Crippen molar-refractivity contribution in [1.29, 1.82) is 0 Å². The third-order valence-corrected chi connectivity index (χ3v) is 3.36. The molecule has 0 aliphatic rings. The van der Waals surface area contributed by atoms with Crippen LogP contribution in [0.3, 0.4) is 0 Å². The fraction of sp³-hybridized carbons (Fsp3) is 0.333. The topological polar surface area (TPSA) is 67.4 Å². The molecular weight excluding hydrogens is 328 g/mol. The predicted octanol–water partition coefficient (Wildman–Crippen LogP) is 4.25. The summed E-state index contributed by atoms with van der Waals surface area (Å²) in [6.45, 7) is 9.66. The van der Waals surface area contributed by atoms with E-state index in [0.29, 0.717) is 16.8 Å². The van der Waals surface area contributed by atoms with E-state index in [-0.39, 0.29) is 23.5 Å². The molecule has 138 valence electrons. The van der Waals surface area contributed by atoms with Crippen LogP contribution in [0.4, 0.5) is 5.69 Å². The summed E-state index contributed by atoms with van der Waals surface area (Å²) < 4.78 is 5.57. The number of ether oxygens (including phenoxy) is 1. The van der Waals surface area contributed by atoms with E-state index in [1.807, 2.05) is 34.6 Å². The smallest absolute Gasteiger partial charge is 0.255 e. The Labute approximate surface area is 154 Å². The highest BCUT2D eigenvalue weighted by molar-refractivity contribution is 6.05. The van der Waals surface area contributed by atoms with E-state index in [1.54, 1.807) is 48.5 Å². The standard InChI is InChI=1S/C21H26N2O3/c1-14(2)26-18-11-9-15(10-12-18)19(24)22-17-8-6-7-16(13-17)20(25)23-21(3,4)5/h6-14H,1-5H3,(H,22,24)(H,23,25). The molecule has 0 spiro atoms. The van der Waals surface area contributed by atoms with Gasteiger partial charge in [0, 0.05) is 22.4 Å². The molecule has 5 nitrogen and oxygen atoms in total. The van der Waals surface area contributed by atoms with Crippen LogP contribution in [0, 0.1) is 0 Å². The summed E-state index contributed by atoms with van der Waals surface area (Å²) in [6.07, 6.45) is 0.0802. The minimum atomic E-state index is -0.323. The average Bonchev–Trinajstić information content (AvgIpc) is 2.53. The first-order chi connectivity index (χ1) is 12.1. The molecule has 2 aromatic rings. The second-order valence-corrected chi connectivity index (χ2v) is 7.43. The molecule has 0 atom stereocenters. The van der Waals surface area contributed by atoms with E-state index in [2.05, 4.69) is 10.6 Å². The van der Waals surface area contributed by atoms with Gasteiger partial charge in [-0.25, -0.2) is 0 Å². The van der Waals surface area contributed by atoms with Gasteiger partial charge in [-0.15, -0.1) is 0 Å². The van der Waals surface area contributed by atoms with Crippen molar-refractivity contribution in [1.82, 2.24) is 5.32 Å². The van der Waals surface area contributed by atoms with Gasteiger partial charge in [-0.1, -0.05) is 6.07 Å². The summed E-state index contributed by atoms with van der Waals surface area (Å²) in [6, 6.07) is 13.8. The van der Waals surface area contributed by atoms with E-state index in [1.165, 1.54) is 0 Å². The first-order valence-corrected chi connectivity index (χ1v) is 8.65. The van der Waals surface area contributed by atoms with Gasteiger partial charge in [0.15, 0.2) is 0 Å². The normalized spacial score (nSPS) is 11.2. The number of carbonyl (C=O) groups excluding carboxylic acids is 2. The number of hydrogen-bond acceptors (Lipinski definition) is 3. The Morgan fingerprint density at radius 1 is 0.923 bits per heavy atom. The molecule has 2 rings (SSSR count). The van der Waals surface area contributed by atoms with Gasteiger partial charge in [0.1, 0.15) is 5.75 Å². The molecule has 0 saturated carbocycles. The van der Waals surface area contributed by atoms with Crippen molar-refractivity contribution in [2.24, 2.45) is 0 Å². The number of amides is 2. The number of carbonyl (C=O) groups is 2. The highest BCUT2D eigenvalue weighted by Gasteiger charge is 2.16. The number of benzene rings is 2. The molecule has 0 radical (unpaired) electrons. The Morgan fingerprint density at radius 3 is 2.15 bits per heavy atom. The molecule has 0 unspecified atom stereocenters. The quantitative estimate of drug-likeness (QED) is 0.843. The highest BCUT2D eigenvalue weighted by Crippen LogP contribution is 2.17. The largest absolute Gasteiger partial charge is 0.491 e. The molecule has 0 heterocycles. The van der Waals surface area contributed by atoms with Gasteiger partial charge in [-0.3, -0.25) is 9.59 Å². The summed E-state index contributed by atoms with van der Waals surface area (Å²) in [7, 11) is 0. The first kappa shape index (κ1) is 19.5. The maximum absolute atomic E-state index is 12.4. The molecule has 2 aromatic carbocycles. The van der Waals surface area contributed by atoms with Crippen molar-refractivity contribution in [2.75, 3.05) is 5.32 Å². The Balaban J connectivity index is 2.07. The number of anilines is 1. The first-order valence-electron chi connectivity index (χ1n) is 8.65. The average molecular weight is 354 g/mol. The predicted molar refractivity (Wildman–Crippen MR) is 104 cm³/mol. The lowest BCUT2D eigenvalue weighted by Gasteiger charge is -2.20. The van der Waals surface area contributed by atoms with Crippen LogP contribution < -0.4 is 15.4 Å². The van der Waals surface area contributed by atoms with E-state index in [0.717, 1.165) is 5.75 Å². The van der Waals surface area contributed by atoms with Gasteiger partial charge in [-0.2, -0.15) is 0 Å². The Morgan fingerprint density at radius 2 is 1.58 bits per heavy atom. The molecule has 0 saturated heterocycles. The zero-order valence-electron chi connectivity index (χ0n) is 15.9. The number of rotatable bonds is 5. The van der Waals surface area contributed by atoms with Crippen LogP contribution in [0.15, 0.2) is 48.5 Å². The van der Waals surface area contributed by atoms with Crippen molar-refractivity contribution < 1.29 is 14.3 Å². The van der Waals surface area contributed by atoms with E-state index < -0.39 is 0 Å². The van der Waals surface area contributed by atoms with Crippen molar-refractivity contribution in [3.63, 3.8) is 0 Å². The van der Waals surface area contributed by atoms with E-state index in [9.17, 15) is 9.59 Å². The van der Waals surface area contributed by atoms with Gasteiger partial charge in [-0.05, 0) is 77.1 Å². The Kier molecular flexibility index (Phi) is 6.03. The van der Waals surface area contributed by atoms with Crippen molar-refractivity contribution in [2.45, 2.75) is 46.3 Å². The summed E-state index contributed by atoms with van der Waals surface area (Å²) in [5, 5.41) is 5.72. The van der Waals surface area contributed by atoms with Gasteiger partial charge in [0.25, 0.3) is 11.8 Å². The molecule has 0 aliphatic carbocycles. The minimum Gasteiger partial charge on any atom is -0.491 e. The maximum Gasteiger partial charge on any atom is 0.255 e. The van der Waals surface area contributed by atoms with Gasteiger partial charge in [0.05, 0.1) is 6.10 Å². The number of nitrogens with one attached hydrogen (secondary N) is 2. The lowest BCUT2D eigenvalue weighted by Crippen LogP contribution is -2.40. The summed E-state index contributed by atoms with van der Waals surface area (Å²) in [5.41, 5.74) is 1.26. The van der Waals surface area contributed by atoms with Crippen molar-refractivity contribution in [3.05, 3.63) is 59.7 Å². The number of hydrogen-bond donors (Lipinski definition) is 2. The second kappa shape index (κ2) is 8.04. The van der Waals surface area contributed by atoms with Crippen molar-refractivity contribution in [3.8, 4) is 5.75 Å². The molecule has 0 aromatic heterocycles. The fourth-order valence-corrected chi connectivity index (χ4v) is 2.31. The van der Waals surface area contributed by atoms with Gasteiger partial charge in [0.2, 0.25) is 0 Å². The Bertz CT molecular complexity index is 775. The monoisotopic (exact) mass is 354 g/mol.